The average molecular weight is 350 g/mol. The minimum Gasteiger partial charge on any atom is -0.481 e. The number of rotatable bonds is 4. The van der Waals surface area contributed by atoms with E-state index >= 15 is 0 Å². The first kappa shape index (κ1) is 19.4. The van der Waals surface area contributed by atoms with Crippen LogP contribution in [0.3, 0.4) is 0 Å². The smallest absolute Gasteiger partial charge is 0.248 e. The van der Waals surface area contributed by atoms with Crippen LogP contribution in [-0.2, 0) is 10.2 Å². The van der Waals surface area contributed by atoms with Crippen molar-refractivity contribution in [1.82, 2.24) is 0 Å². The van der Waals surface area contributed by atoms with E-state index in [0.717, 1.165) is 11.1 Å². The number of primary amides is 1. The van der Waals surface area contributed by atoms with Crippen molar-refractivity contribution < 1.29 is 9.53 Å². The third kappa shape index (κ3) is 4.39. The molecule has 0 aliphatic carbocycles. The minimum absolute atomic E-state index is 0.0404. The van der Waals surface area contributed by atoms with Crippen LogP contribution in [0, 0.1) is 6.92 Å². The van der Waals surface area contributed by atoms with Gasteiger partial charge in [0.2, 0.25) is 11.8 Å². The zero-order valence-electron chi connectivity index (χ0n) is 16.1. The fourth-order valence-corrected chi connectivity index (χ4v) is 2.80. The van der Waals surface area contributed by atoms with Crippen molar-refractivity contribution >= 4 is 17.5 Å². The standard InChI is InChI=1S/C22H26N2O2/c1-14-7-8-18(13-19(14)22(3,4)5)15(2)24-21(26-6)17-11-9-16(10-12-17)20(23)25/h7-13H,2H2,1,3-6H3,(H2,23,25)/b24-21-. The summed E-state index contributed by atoms with van der Waals surface area (Å²) in [7, 11) is 1.56. The average Bonchev–Trinajstić information content (AvgIpc) is 2.59. The van der Waals surface area contributed by atoms with Gasteiger partial charge in [-0.2, -0.15) is 0 Å². The van der Waals surface area contributed by atoms with Gasteiger partial charge in [0.15, 0.2) is 0 Å². The zero-order valence-corrected chi connectivity index (χ0v) is 16.1. The summed E-state index contributed by atoms with van der Waals surface area (Å²) < 4.78 is 5.42. The number of aryl methyl sites for hydroxylation is 1. The molecule has 0 aliphatic heterocycles. The van der Waals surface area contributed by atoms with Crippen molar-refractivity contribution in [2.75, 3.05) is 7.11 Å². The molecule has 0 aliphatic rings. The second-order valence-electron chi connectivity index (χ2n) is 7.29. The molecule has 0 aromatic heterocycles. The highest BCUT2D eigenvalue weighted by molar-refractivity contribution is 5.99. The molecule has 2 N–H and O–H groups in total. The molecule has 0 spiro atoms. The highest BCUT2D eigenvalue weighted by atomic mass is 16.5. The summed E-state index contributed by atoms with van der Waals surface area (Å²) in [6.45, 7) is 12.8. The lowest BCUT2D eigenvalue weighted by Gasteiger charge is -2.22. The molecular weight excluding hydrogens is 324 g/mol. The van der Waals surface area contributed by atoms with E-state index in [-0.39, 0.29) is 5.41 Å². The molecule has 2 aromatic carbocycles. The highest BCUT2D eigenvalue weighted by Crippen LogP contribution is 2.29. The predicted octanol–water partition coefficient (Wildman–Crippen LogP) is 4.46. The zero-order chi connectivity index (χ0) is 19.5. The van der Waals surface area contributed by atoms with Crippen LogP contribution < -0.4 is 5.73 Å². The number of hydrogen-bond donors (Lipinski definition) is 1. The quantitative estimate of drug-likeness (QED) is 0.654. The Morgan fingerprint density at radius 1 is 1.04 bits per heavy atom. The molecule has 136 valence electrons. The van der Waals surface area contributed by atoms with Crippen molar-refractivity contribution in [3.05, 3.63) is 76.9 Å². The normalized spacial score (nSPS) is 12.0. The van der Waals surface area contributed by atoms with E-state index < -0.39 is 5.91 Å². The summed E-state index contributed by atoms with van der Waals surface area (Å²) in [4.78, 5) is 15.7. The third-order valence-electron chi connectivity index (χ3n) is 4.23. The van der Waals surface area contributed by atoms with Crippen LogP contribution in [0.2, 0.25) is 0 Å². The largest absolute Gasteiger partial charge is 0.481 e. The lowest BCUT2D eigenvalue weighted by atomic mass is 9.83. The van der Waals surface area contributed by atoms with Crippen molar-refractivity contribution in [1.29, 1.82) is 0 Å². The number of ether oxygens (including phenoxy) is 1. The van der Waals surface area contributed by atoms with Gasteiger partial charge in [0.25, 0.3) is 0 Å². The molecule has 2 aromatic rings. The van der Waals surface area contributed by atoms with Crippen molar-refractivity contribution in [3.63, 3.8) is 0 Å². The van der Waals surface area contributed by atoms with Crippen LogP contribution in [0.15, 0.2) is 54.0 Å². The number of methoxy groups -OCH3 is 1. The summed E-state index contributed by atoms with van der Waals surface area (Å²) in [6, 6.07) is 13.0. The summed E-state index contributed by atoms with van der Waals surface area (Å²) in [5.74, 6) is -0.0323. The fourth-order valence-electron chi connectivity index (χ4n) is 2.80. The van der Waals surface area contributed by atoms with Crippen molar-refractivity contribution in [2.45, 2.75) is 33.1 Å². The maximum absolute atomic E-state index is 11.2. The molecule has 0 heterocycles. The molecule has 2 rings (SSSR count). The van der Waals surface area contributed by atoms with Crippen LogP contribution in [0.25, 0.3) is 5.70 Å². The summed E-state index contributed by atoms with van der Waals surface area (Å²) in [5, 5.41) is 0. The third-order valence-corrected chi connectivity index (χ3v) is 4.23. The van der Waals surface area contributed by atoms with Crippen LogP contribution in [0.1, 0.15) is 53.4 Å². The molecule has 4 heteroatoms. The number of hydrogen-bond acceptors (Lipinski definition) is 3. The van der Waals surface area contributed by atoms with Gasteiger partial charge in [0.05, 0.1) is 12.8 Å². The molecule has 0 saturated heterocycles. The van der Waals surface area contributed by atoms with E-state index in [1.807, 2.05) is 6.07 Å². The molecule has 0 unspecified atom stereocenters. The van der Waals surface area contributed by atoms with E-state index in [1.165, 1.54) is 11.1 Å². The Labute approximate surface area is 155 Å². The summed E-state index contributed by atoms with van der Waals surface area (Å²) >= 11 is 0. The van der Waals surface area contributed by atoms with Gasteiger partial charge in [-0.15, -0.1) is 0 Å². The Hall–Kier alpha value is -2.88. The monoisotopic (exact) mass is 350 g/mol. The predicted molar refractivity (Wildman–Crippen MR) is 107 cm³/mol. The minimum atomic E-state index is -0.466. The first-order valence-corrected chi connectivity index (χ1v) is 8.47. The second kappa shape index (κ2) is 7.56. The molecular formula is C22H26N2O2. The Bertz CT molecular complexity index is 857. The molecule has 0 radical (unpaired) electrons. The second-order valence-corrected chi connectivity index (χ2v) is 7.29. The lowest BCUT2D eigenvalue weighted by molar-refractivity contribution is 0.100. The van der Waals surface area contributed by atoms with Gasteiger partial charge in [-0.3, -0.25) is 4.79 Å². The van der Waals surface area contributed by atoms with E-state index in [0.29, 0.717) is 17.2 Å². The number of amides is 1. The Morgan fingerprint density at radius 2 is 1.58 bits per heavy atom. The number of nitrogens with zero attached hydrogens (tertiary/aromatic N) is 1. The van der Waals surface area contributed by atoms with E-state index in [2.05, 4.69) is 51.4 Å². The Morgan fingerprint density at radius 3 is 2.08 bits per heavy atom. The molecule has 0 atom stereocenters. The number of carbonyl (C=O) groups excluding carboxylic acids is 1. The molecule has 0 bridgehead atoms. The molecule has 0 fully saturated rings. The summed E-state index contributed by atoms with van der Waals surface area (Å²) in [6.07, 6.45) is 0. The van der Waals surface area contributed by atoms with Crippen LogP contribution in [0.5, 0.6) is 0 Å². The SMILES string of the molecule is C=C(/N=C(\OC)c1ccc(C(N)=O)cc1)c1ccc(C)c(C(C)(C)C)c1. The molecule has 1 amide bonds. The van der Waals surface area contributed by atoms with E-state index in [9.17, 15) is 4.79 Å². The van der Waals surface area contributed by atoms with Gasteiger partial charge >= 0.3 is 0 Å². The van der Waals surface area contributed by atoms with Crippen LogP contribution >= 0.6 is 0 Å². The fraction of sp³-hybridized carbons (Fsp3) is 0.273. The van der Waals surface area contributed by atoms with Gasteiger partial charge in [-0.25, -0.2) is 4.99 Å². The maximum atomic E-state index is 11.2. The Balaban J connectivity index is 2.37. The maximum Gasteiger partial charge on any atom is 0.248 e. The number of benzene rings is 2. The van der Waals surface area contributed by atoms with Crippen LogP contribution in [-0.4, -0.2) is 18.9 Å². The van der Waals surface area contributed by atoms with Gasteiger partial charge in [-0.1, -0.05) is 39.5 Å². The van der Waals surface area contributed by atoms with E-state index in [4.69, 9.17) is 10.5 Å². The first-order valence-electron chi connectivity index (χ1n) is 8.47. The molecule has 4 nitrogen and oxygen atoms in total. The number of aliphatic imine (C=N–C) groups is 1. The molecule has 0 saturated carbocycles. The highest BCUT2D eigenvalue weighted by Gasteiger charge is 2.17. The van der Waals surface area contributed by atoms with Gasteiger partial charge in [-0.05, 0) is 59.4 Å². The van der Waals surface area contributed by atoms with Crippen molar-refractivity contribution in [2.24, 2.45) is 10.7 Å². The first-order chi connectivity index (χ1) is 12.1. The van der Waals surface area contributed by atoms with E-state index in [1.54, 1.807) is 31.4 Å². The number of nitrogens with two attached hydrogens (primary N) is 1. The van der Waals surface area contributed by atoms with Crippen LogP contribution in [0.4, 0.5) is 0 Å². The number of carbonyl (C=O) groups is 1. The van der Waals surface area contributed by atoms with Crippen molar-refractivity contribution in [3.8, 4) is 0 Å². The topological polar surface area (TPSA) is 64.7 Å². The van der Waals surface area contributed by atoms with Gasteiger partial charge in [0.1, 0.15) is 0 Å². The summed E-state index contributed by atoms with van der Waals surface area (Å²) in [5.41, 5.74) is 10.6. The van der Waals surface area contributed by atoms with Gasteiger partial charge < -0.3 is 10.5 Å². The Kier molecular flexibility index (Phi) is 5.66. The van der Waals surface area contributed by atoms with Gasteiger partial charge in [0, 0.05) is 11.1 Å². The lowest BCUT2D eigenvalue weighted by Crippen LogP contribution is -2.13. The molecule has 26 heavy (non-hydrogen) atoms.